The molecule has 0 unspecified atom stereocenters. The topological polar surface area (TPSA) is 28.7 Å². The van der Waals surface area contributed by atoms with Crippen LogP contribution in [0.5, 0.6) is 0 Å². The number of hydrogen-bond acceptors (Lipinski definition) is 1. The highest BCUT2D eigenvalue weighted by Gasteiger charge is 2.36. The van der Waals surface area contributed by atoms with Crippen LogP contribution in [-0.4, -0.2) is 9.97 Å². The standard InChI is InChI=1S/C14H17BrN2/c1-2-14(7-3-4-8-14)13-16-11-6-5-10(15)9-12(11)17-13/h5-6,9H,2-4,7-8H2,1H3,(H,16,17). The minimum atomic E-state index is 0.311. The SMILES string of the molecule is CCC1(c2nc3ccc(Br)cc3[nH]2)CCCC1. The quantitative estimate of drug-likeness (QED) is 0.864. The molecular formula is C14H17BrN2. The van der Waals surface area contributed by atoms with Gasteiger partial charge in [0, 0.05) is 9.89 Å². The molecule has 2 nitrogen and oxygen atoms in total. The van der Waals surface area contributed by atoms with E-state index in [1.54, 1.807) is 0 Å². The molecule has 1 aromatic heterocycles. The lowest BCUT2D eigenvalue weighted by atomic mass is 9.83. The summed E-state index contributed by atoms with van der Waals surface area (Å²) in [6.07, 6.45) is 6.44. The van der Waals surface area contributed by atoms with Crippen LogP contribution in [0, 0.1) is 0 Å². The number of nitrogens with one attached hydrogen (secondary N) is 1. The van der Waals surface area contributed by atoms with Crippen molar-refractivity contribution >= 4 is 27.0 Å². The largest absolute Gasteiger partial charge is 0.341 e. The van der Waals surface area contributed by atoms with E-state index >= 15 is 0 Å². The summed E-state index contributed by atoms with van der Waals surface area (Å²) in [5.74, 6) is 1.20. The van der Waals surface area contributed by atoms with Crippen molar-refractivity contribution in [3.63, 3.8) is 0 Å². The second kappa shape index (κ2) is 4.13. The molecule has 1 aliphatic carbocycles. The summed E-state index contributed by atoms with van der Waals surface area (Å²) < 4.78 is 1.11. The Labute approximate surface area is 110 Å². The van der Waals surface area contributed by atoms with Gasteiger partial charge in [-0.1, -0.05) is 35.7 Å². The van der Waals surface area contributed by atoms with Crippen LogP contribution in [0.1, 0.15) is 44.9 Å². The molecule has 1 N–H and O–H groups in total. The van der Waals surface area contributed by atoms with E-state index in [2.05, 4.69) is 46.0 Å². The highest BCUT2D eigenvalue weighted by molar-refractivity contribution is 9.10. The normalized spacial score (nSPS) is 18.9. The number of nitrogens with zero attached hydrogens (tertiary/aromatic N) is 1. The van der Waals surface area contributed by atoms with E-state index in [9.17, 15) is 0 Å². The van der Waals surface area contributed by atoms with Crippen LogP contribution >= 0.6 is 15.9 Å². The summed E-state index contributed by atoms with van der Waals surface area (Å²) >= 11 is 3.51. The lowest BCUT2D eigenvalue weighted by molar-refractivity contribution is 0.403. The summed E-state index contributed by atoms with van der Waals surface area (Å²) in [5.41, 5.74) is 2.54. The molecule has 1 fully saturated rings. The molecule has 90 valence electrons. The van der Waals surface area contributed by atoms with Crippen LogP contribution in [0.4, 0.5) is 0 Å². The summed E-state index contributed by atoms with van der Waals surface area (Å²) in [6.45, 7) is 2.29. The van der Waals surface area contributed by atoms with E-state index in [4.69, 9.17) is 4.98 Å². The minimum absolute atomic E-state index is 0.311. The third-order valence-electron chi connectivity index (χ3n) is 4.18. The molecule has 1 heterocycles. The molecular weight excluding hydrogens is 276 g/mol. The fourth-order valence-corrected chi connectivity index (χ4v) is 3.40. The van der Waals surface area contributed by atoms with Crippen molar-refractivity contribution in [2.75, 3.05) is 0 Å². The van der Waals surface area contributed by atoms with Gasteiger partial charge in [-0.05, 0) is 37.5 Å². The molecule has 0 bridgehead atoms. The third kappa shape index (κ3) is 1.81. The Hall–Kier alpha value is -0.830. The van der Waals surface area contributed by atoms with Crippen molar-refractivity contribution in [3.05, 3.63) is 28.5 Å². The van der Waals surface area contributed by atoms with Gasteiger partial charge in [0.25, 0.3) is 0 Å². The average Bonchev–Trinajstić information content (AvgIpc) is 2.94. The number of benzene rings is 1. The van der Waals surface area contributed by atoms with Gasteiger partial charge in [0.15, 0.2) is 0 Å². The molecule has 17 heavy (non-hydrogen) atoms. The van der Waals surface area contributed by atoms with E-state index in [0.717, 1.165) is 15.5 Å². The maximum Gasteiger partial charge on any atom is 0.113 e. The van der Waals surface area contributed by atoms with Crippen molar-refractivity contribution in [3.8, 4) is 0 Å². The Bertz CT molecular complexity index is 538. The van der Waals surface area contributed by atoms with Gasteiger partial charge in [0.05, 0.1) is 11.0 Å². The van der Waals surface area contributed by atoms with Gasteiger partial charge >= 0.3 is 0 Å². The van der Waals surface area contributed by atoms with Gasteiger partial charge in [0.1, 0.15) is 5.82 Å². The maximum atomic E-state index is 4.80. The van der Waals surface area contributed by atoms with E-state index in [0.29, 0.717) is 5.41 Å². The average molecular weight is 293 g/mol. The first-order valence-electron chi connectivity index (χ1n) is 6.39. The van der Waals surface area contributed by atoms with Gasteiger partial charge < -0.3 is 4.98 Å². The fraction of sp³-hybridized carbons (Fsp3) is 0.500. The number of halogens is 1. The van der Waals surface area contributed by atoms with Crippen molar-refractivity contribution in [2.45, 2.75) is 44.4 Å². The zero-order chi connectivity index (χ0) is 11.9. The smallest absolute Gasteiger partial charge is 0.113 e. The fourth-order valence-electron chi connectivity index (χ4n) is 3.04. The molecule has 1 saturated carbocycles. The molecule has 0 amide bonds. The first-order valence-corrected chi connectivity index (χ1v) is 7.18. The molecule has 0 saturated heterocycles. The predicted octanol–water partition coefficient (Wildman–Crippen LogP) is 4.55. The van der Waals surface area contributed by atoms with Crippen LogP contribution in [0.2, 0.25) is 0 Å². The Balaban J connectivity index is 2.11. The first kappa shape index (κ1) is 11.3. The summed E-state index contributed by atoms with van der Waals surface area (Å²) in [7, 11) is 0. The van der Waals surface area contributed by atoms with Gasteiger partial charge in [-0.25, -0.2) is 4.98 Å². The zero-order valence-corrected chi connectivity index (χ0v) is 11.7. The Morgan fingerprint density at radius 1 is 1.35 bits per heavy atom. The highest BCUT2D eigenvalue weighted by Crippen LogP contribution is 2.42. The van der Waals surface area contributed by atoms with E-state index in [-0.39, 0.29) is 0 Å². The molecule has 0 spiro atoms. The summed E-state index contributed by atoms with van der Waals surface area (Å²) in [5, 5.41) is 0. The van der Waals surface area contributed by atoms with Gasteiger partial charge in [-0.15, -0.1) is 0 Å². The van der Waals surface area contributed by atoms with E-state index in [1.807, 2.05) is 0 Å². The third-order valence-corrected chi connectivity index (χ3v) is 4.68. The lowest BCUT2D eigenvalue weighted by Crippen LogP contribution is -2.22. The van der Waals surface area contributed by atoms with Crippen LogP contribution in [0.25, 0.3) is 11.0 Å². The molecule has 1 aliphatic rings. The molecule has 3 heteroatoms. The van der Waals surface area contributed by atoms with Crippen LogP contribution < -0.4 is 0 Å². The molecule has 0 radical (unpaired) electrons. The molecule has 0 atom stereocenters. The van der Waals surface area contributed by atoms with Crippen LogP contribution in [0.15, 0.2) is 22.7 Å². The number of aromatic nitrogens is 2. The van der Waals surface area contributed by atoms with Crippen molar-refractivity contribution in [2.24, 2.45) is 0 Å². The number of hydrogen-bond donors (Lipinski definition) is 1. The Morgan fingerprint density at radius 2 is 2.12 bits per heavy atom. The van der Waals surface area contributed by atoms with Gasteiger partial charge in [0.2, 0.25) is 0 Å². The number of aromatic amines is 1. The predicted molar refractivity (Wildman–Crippen MR) is 74.2 cm³/mol. The second-order valence-electron chi connectivity index (χ2n) is 5.09. The highest BCUT2D eigenvalue weighted by atomic mass is 79.9. The lowest BCUT2D eigenvalue weighted by Gasteiger charge is -2.24. The monoisotopic (exact) mass is 292 g/mol. The van der Waals surface area contributed by atoms with Crippen LogP contribution in [0.3, 0.4) is 0 Å². The number of imidazole rings is 1. The number of H-pyrrole nitrogens is 1. The van der Waals surface area contributed by atoms with Gasteiger partial charge in [-0.2, -0.15) is 0 Å². The molecule has 0 aliphatic heterocycles. The Kier molecular flexibility index (Phi) is 2.74. The van der Waals surface area contributed by atoms with Gasteiger partial charge in [-0.3, -0.25) is 0 Å². The molecule has 3 rings (SSSR count). The summed E-state index contributed by atoms with van der Waals surface area (Å²) in [4.78, 5) is 8.33. The van der Waals surface area contributed by atoms with Crippen molar-refractivity contribution in [1.29, 1.82) is 0 Å². The second-order valence-corrected chi connectivity index (χ2v) is 6.00. The summed E-state index contributed by atoms with van der Waals surface area (Å²) in [6, 6.07) is 6.25. The van der Waals surface area contributed by atoms with Crippen LogP contribution in [-0.2, 0) is 5.41 Å². The zero-order valence-electron chi connectivity index (χ0n) is 10.1. The van der Waals surface area contributed by atoms with E-state index < -0.39 is 0 Å². The number of fused-ring (bicyclic) bond motifs is 1. The molecule has 1 aromatic carbocycles. The Morgan fingerprint density at radius 3 is 2.82 bits per heavy atom. The minimum Gasteiger partial charge on any atom is -0.341 e. The number of rotatable bonds is 2. The van der Waals surface area contributed by atoms with E-state index in [1.165, 1.54) is 37.9 Å². The first-order chi connectivity index (χ1) is 8.23. The molecule has 2 aromatic rings. The van der Waals surface area contributed by atoms with Crippen molar-refractivity contribution < 1.29 is 0 Å². The maximum absolute atomic E-state index is 4.80. The van der Waals surface area contributed by atoms with Crippen molar-refractivity contribution in [1.82, 2.24) is 9.97 Å².